The molecule has 0 aliphatic heterocycles. The molecule has 1 heteroatoms. The number of rotatable bonds is 6. The summed E-state index contributed by atoms with van der Waals surface area (Å²) < 4.78 is 0. The Bertz CT molecular complexity index is 297. The van der Waals surface area contributed by atoms with Crippen LogP contribution in [0.1, 0.15) is 78.6 Å². The van der Waals surface area contributed by atoms with Gasteiger partial charge in [0.15, 0.2) is 0 Å². The molecule has 0 heterocycles. The SMILES string of the molecule is CCNC(C1=CCCCC1)C1(CC(C)C)CCCC1. The maximum atomic E-state index is 3.87. The van der Waals surface area contributed by atoms with Gasteiger partial charge in [0.05, 0.1) is 0 Å². The third kappa shape index (κ3) is 3.62. The molecule has 0 aromatic rings. The van der Waals surface area contributed by atoms with Crippen molar-refractivity contribution < 1.29 is 0 Å². The maximum absolute atomic E-state index is 3.87. The van der Waals surface area contributed by atoms with Crippen LogP contribution in [0.5, 0.6) is 0 Å². The van der Waals surface area contributed by atoms with Crippen LogP contribution < -0.4 is 5.32 Å². The molecule has 0 amide bonds. The van der Waals surface area contributed by atoms with Crippen molar-refractivity contribution in [2.45, 2.75) is 84.6 Å². The average Bonchev–Trinajstić information content (AvgIpc) is 2.85. The monoisotopic (exact) mass is 263 g/mol. The van der Waals surface area contributed by atoms with Crippen molar-refractivity contribution in [1.82, 2.24) is 5.32 Å². The highest BCUT2D eigenvalue weighted by Crippen LogP contribution is 2.48. The van der Waals surface area contributed by atoms with E-state index in [1.807, 2.05) is 0 Å². The van der Waals surface area contributed by atoms with Crippen LogP contribution in [0.3, 0.4) is 0 Å². The summed E-state index contributed by atoms with van der Waals surface area (Å²) in [5.41, 5.74) is 2.31. The number of allylic oxidation sites excluding steroid dienone is 1. The van der Waals surface area contributed by atoms with E-state index in [0.717, 1.165) is 12.5 Å². The third-order valence-electron chi connectivity index (χ3n) is 5.13. The van der Waals surface area contributed by atoms with Crippen LogP contribution >= 0.6 is 0 Å². The molecule has 1 N–H and O–H groups in total. The first-order chi connectivity index (χ1) is 9.18. The van der Waals surface area contributed by atoms with E-state index < -0.39 is 0 Å². The summed E-state index contributed by atoms with van der Waals surface area (Å²) in [7, 11) is 0. The van der Waals surface area contributed by atoms with Crippen molar-refractivity contribution >= 4 is 0 Å². The Morgan fingerprint density at radius 1 is 1.16 bits per heavy atom. The Hall–Kier alpha value is -0.300. The van der Waals surface area contributed by atoms with Crippen molar-refractivity contribution in [3.05, 3.63) is 11.6 Å². The molecule has 0 saturated heterocycles. The van der Waals surface area contributed by atoms with Crippen LogP contribution in [0.4, 0.5) is 0 Å². The molecule has 1 atom stereocenters. The van der Waals surface area contributed by atoms with Crippen LogP contribution in [-0.2, 0) is 0 Å². The fourth-order valence-electron chi connectivity index (χ4n) is 4.57. The fraction of sp³-hybridized carbons (Fsp3) is 0.889. The van der Waals surface area contributed by atoms with Gasteiger partial charge in [-0.15, -0.1) is 0 Å². The molecule has 1 saturated carbocycles. The third-order valence-corrected chi connectivity index (χ3v) is 5.13. The first-order valence-electron chi connectivity index (χ1n) is 8.60. The Kier molecular flexibility index (Phi) is 5.50. The van der Waals surface area contributed by atoms with Crippen LogP contribution in [-0.4, -0.2) is 12.6 Å². The van der Waals surface area contributed by atoms with Gasteiger partial charge in [-0.1, -0.05) is 45.3 Å². The topological polar surface area (TPSA) is 12.0 Å². The van der Waals surface area contributed by atoms with Gasteiger partial charge in [-0.05, 0) is 62.8 Å². The lowest BCUT2D eigenvalue weighted by Crippen LogP contribution is -2.46. The molecule has 0 aromatic carbocycles. The minimum absolute atomic E-state index is 0.563. The summed E-state index contributed by atoms with van der Waals surface area (Å²) in [6, 6.07) is 0.669. The normalized spacial score (nSPS) is 24.5. The van der Waals surface area contributed by atoms with Gasteiger partial charge in [0, 0.05) is 6.04 Å². The summed E-state index contributed by atoms with van der Waals surface area (Å²) in [6.07, 6.45) is 15.2. The Labute approximate surface area is 120 Å². The summed E-state index contributed by atoms with van der Waals surface area (Å²) in [5, 5.41) is 3.87. The van der Waals surface area contributed by atoms with Crippen LogP contribution in [0, 0.1) is 11.3 Å². The van der Waals surface area contributed by atoms with Gasteiger partial charge in [0.2, 0.25) is 0 Å². The van der Waals surface area contributed by atoms with Crippen molar-refractivity contribution in [3.8, 4) is 0 Å². The second-order valence-corrected chi connectivity index (χ2v) is 7.18. The smallest absolute Gasteiger partial charge is 0.0336 e. The summed E-state index contributed by atoms with van der Waals surface area (Å²) >= 11 is 0. The van der Waals surface area contributed by atoms with Gasteiger partial charge in [0.1, 0.15) is 0 Å². The predicted molar refractivity (Wildman–Crippen MR) is 84.4 cm³/mol. The molecule has 0 radical (unpaired) electrons. The lowest BCUT2D eigenvalue weighted by molar-refractivity contribution is 0.173. The standard InChI is InChI=1S/C18H33N/c1-4-19-17(16-10-6-5-7-11-16)18(14-15(2)3)12-8-9-13-18/h10,15,17,19H,4-9,11-14H2,1-3H3. The van der Waals surface area contributed by atoms with Gasteiger partial charge in [-0.25, -0.2) is 0 Å². The van der Waals surface area contributed by atoms with E-state index in [9.17, 15) is 0 Å². The zero-order chi connectivity index (χ0) is 13.7. The molecule has 1 fully saturated rings. The number of hydrogen-bond acceptors (Lipinski definition) is 1. The molecule has 1 nitrogen and oxygen atoms in total. The molecule has 110 valence electrons. The van der Waals surface area contributed by atoms with E-state index in [2.05, 4.69) is 32.2 Å². The van der Waals surface area contributed by atoms with E-state index in [4.69, 9.17) is 0 Å². The van der Waals surface area contributed by atoms with Crippen LogP contribution in [0.25, 0.3) is 0 Å². The first-order valence-corrected chi connectivity index (χ1v) is 8.60. The van der Waals surface area contributed by atoms with Crippen molar-refractivity contribution in [2.24, 2.45) is 11.3 Å². The molecule has 19 heavy (non-hydrogen) atoms. The second-order valence-electron chi connectivity index (χ2n) is 7.18. The van der Waals surface area contributed by atoms with Gasteiger partial charge < -0.3 is 5.32 Å². The lowest BCUT2D eigenvalue weighted by Gasteiger charge is -2.42. The predicted octanol–water partition coefficient (Wildman–Crippen LogP) is 5.07. The van der Waals surface area contributed by atoms with Crippen molar-refractivity contribution in [2.75, 3.05) is 6.54 Å². The van der Waals surface area contributed by atoms with Crippen molar-refractivity contribution in [1.29, 1.82) is 0 Å². The minimum atomic E-state index is 0.563. The van der Waals surface area contributed by atoms with E-state index >= 15 is 0 Å². The average molecular weight is 263 g/mol. The van der Waals surface area contributed by atoms with Gasteiger partial charge in [-0.3, -0.25) is 0 Å². The maximum Gasteiger partial charge on any atom is 0.0336 e. The highest BCUT2D eigenvalue weighted by molar-refractivity contribution is 5.19. The number of nitrogens with one attached hydrogen (secondary N) is 1. The second kappa shape index (κ2) is 6.92. The first kappa shape index (κ1) is 15.1. The highest BCUT2D eigenvalue weighted by atomic mass is 14.9. The Morgan fingerprint density at radius 3 is 2.42 bits per heavy atom. The number of likely N-dealkylation sites (N-methyl/N-ethyl adjacent to an activating group) is 1. The molecule has 0 spiro atoms. The summed E-state index contributed by atoms with van der Waals surface area (Å²) in [5.74, 6) is 0.823. The van der Waals surface area contributed by atoms with Gasteiger partial charge >= 0.3 is 0 Å². The minimum Gasteiger partial charge on any atom is -0.310 e. The summed E-state index contributed by atoms with van der Waals surface area (Å²) in [6.45, 7) is 8.19. The van der Waals surface area contributed by atoms with Crippen molar-refractivity contribution in [3.63, 3.8) is 0 Å². The largest absolute Gasteiger partial charge is 0.310 e. The van der Waals surface area contributed by atoms with Crippen LogP contribution in [0.2, 0.25) is 0 Å². The van der Waals surface area contributed by atoms with E-state index in [1.54, 1.807) is 5.57 Å². The Morgan fingerprint density at radius 2 is 1.89 bits per heavy atom. The zero-order valence-corrected chi connectivity index (χ0v) is 13.3. The molecule has 0 bridgehead atoms. The molecule has 1 unspecified atom stereocenters. The molecule has 2 aliphatic carbocycles. The summed E-state index contributed by atoms with van der Waals surface area (Å²) in [4.78, 5) is 0. The van der Waals surface area contributed by atoms with E-state index in [1.165, 1.54) is 57.8 Å². The van der Waals surface area contributed by atoms with E-state index in [-0.39, 0.29) is 0 Å². The molecular formula is C18H33N. The zero-order valence-electron chi connectivity index (χ0n) is 13.3. The highest BCUT2D eigenvalue weighted by Gasteiger charge is 2.42. The molecule has 2 rings (SSSR count). The molecule has 2 aliphatic rings. The van der Waals surface area contributed by atoms with Gasteiger partial charge in [-0.2, -0.15) is 0 Å². The van der Waals surface area contributed by atoms with Crippen LogP contribution in [0.15, 0.2) is 11.6 Å². The quantitative estimate of drug-likeness (QED) is 0.660. The molecular weight excluding hydrogens is 230 g/mol. The fourth-order valence-corrected chi connectivity index (χ4v) is 4.57. The van der Waals surface area contributed by atoms with Gasteiger partial charge in [0.25, 0.3) is 0 Å². The molecule has 0 aromatic heterocycles. The number of hydrogen-bond donors (Lipinski definition) is 1. The lowest BCUT2D eigenvalue weighted by atomic mass is 9.68. The Balaban J connectivity index is 2.20. The van der Waals surface area contributed by atoms with E-state index in [0.29, 0.717) is 11.5 Å².